The average Bonchev–Trinajstić information content (AvgIpc) is 2.90. The second kappa shape index (κ2) is 6.52. The Hall–Kier alpha value is -1.62. The Morgan fingerprint density at radius 2 is 2.26 bits per heavy atom. The van der Waals surface area contributed by atoms with E-state index in [4.69, 9.17) is 0 Å². The first-order valence-electron chi connectivity index (χ1n) is 6.50. The Labute approximate surface area is 118 Å². The van der Waals surface area contributed by atoms with Gasteiger partial charge in [-0.25, -0.2) is 4.98 Å². The molecule has 0 atom stereocenters. The van der Waals surface area contributed by atoms with Crippen molar-refractivity contribution >= 4 is 23.1 Å². The number of nitrogens with one attached hydrogen (secondary N) is 1. The highest BCUT2D eigenvalue weighted by molar-refractivity contribution is 7.07. The standard InChI is InChI=1S/C14H20N4S/c1-4-6-15-14-16-8-11(2)13(17-14)18(3)9-12-5-7-19-10-12/h5,7-8,10H,4,6,9H2,1-3H3,(H,15,16,17). The van der Waals surface area contributed by atoms with E-state index in [0.29, 0.717) is 5.95 Å². The molecule has 5 heteroatoms. The lowest BCUT2D eigenvalue weighted by Crippen LogP contribution is -2.19. The van der Waals surface area contributed by atoms with Crippen LogP contribution >= 0.6 is 11.3 Å². The summed E-state index contributed by atoms with van der Waals surface area (Å²) in [5.74, 6) is 1.69. The molecule has 0 aliphatic heterocycles. The number of nitrogens with zero attached hydrogens (tertiary/aromatic N) is 3. The van der Waals surface area contributed by atoms with Crippen molar-refractivity contribution < 1.29 is 0 Å². The molecular formula is C14H20N4S. The first kappa shape index (κ1) is 13.8. The molecule has 0 aliphatic carbocycles. The minimum Gasteiger partial charge on any atom is -0.355 e. The number of anilines is 2. The first-order chi connectivity index (χ1) is 9.20. The summed E-state index contributed by atoms with van der Waals surface area (Å²) in [7, 11) is 2.07. The Balaban J connectivity index is 2.13. The minimum atomic E-state index is 0.708. The highest BCUT2D eigenvalue weighted by atomic mass is 32.1. The predicted molar refractivity (Wildman–Crippen MR) is 82.0 cm³/mol. The third kappa shape index (κ3) is 3.67. The quantitative estimate of drug-likeness (QED) is 0.879. The van der Waals surface area contributed by atoms with E-state index in [1.807, 2.05) is 13.1 Å². The zero-order valence-electron chi connectivity index (χ0n) is 11.7. The second-order valence-corrected chi connectivity index (χ2v) is 5.39. The van der Waals surface area contributed by atoms with Crippen LogP contribution in [0.2, 0.25) is 0 Å². The van der Waals surface area contributed by atoms with Crippen LogP contribution < -0.4 is 10.2 Å². The van der Waals surface area contributed by atoms with Gasteiger partial charge in [0.15, 0.2) is 0 Å². The molecule has 0 spiro atoms. The van der Waals surface area contributed by atoms with Crippen LogP contribution in [0, 0.1) is 6.92 Å². The molecule has 0 amide bonds. The summed E-state index contributed by atoms with van der Waals surface area (Å²) in [5.41, 5.74) is 2.41. The van der Waals surface area contributed by atoms with Gasteiger partial charge in [-0.1, -0.05) is 6.92 Å². The van der Waals surface area contributed by atoms with Crippen molar-refractivity contribution in [2.24, 2.45) is 0 Å². The Bertz CT molecular complexity index is 510. The molecule has 19 heavy (non-hydrogen) atoms. The maximum absolute atomic E-state index is 4.60. The lowest BCUT2D eigenvalue weighted by molar-refractivity contribution is 0.878. The fourth-order valence-corrected chi connectivity index (χ4v) is 2.53. The number of hydrogen-bond acceptors (Lipinski definition) is 5. The Morgan fingerprint density at radius 1 is 1.42 bits per heavy atom. The van der Waals surface area contributed by atoms with Crippen LogP contribution in [0.5, 0.6) is 0 Å². The maximum Gasteiger partial charge on any atom is 0.224 e. The Morgan fingerprint density at radius 3 is 2.95 bits per heavy atom. The number of rotatable bonds is 6. The van der Waals surface area contributed by atoms with Gasteiger partial charge in [-0.15, -0.1) is 0 Å². The van der Waals surface area contributed by atoms with Crippen molar-refractivity contribution in [2.45, 2.75) is 26.8 Å². The van der Waals surface area contributed by atoms with Gasteiger partial charge >= 0.3 is 0 Å². The largest absolute Gasteiger partial charge is 0.355 e. The van der Waals surface area contributed by atoms with E-state index in [9.17, 15) is 0 Å². The minimum absolute atomic E-state index is 0.708. The summed E-state index contributed by atoms with van der Waals surface area (Å²) in [6.07, 6.45) is 2.95. The fourth-order valence-electron chi connectivity index (χ4n) is 1.87. The van der Waals surface area contributed by atoms with Gasteiger partial charge in [0, 0.05) is 31.9 Å². The molecule has 0 aliphatic rings. The molecule has 0 saturated carbocycles. The van der Waals surface area contributed by atoms with Gasteiger partial charge in [0.25, 0.3) is 0 Å². The molecule has 0 fully saturated rings. The van der Waals surface area contributed by atoms with Crippen molar-refractivity contribution in [3.05, 3.63) is 34.2 Å². The van der Waals surface area contributed by atoms with E-state index in [-0.39, 0.29) is 0 Å². The van der Waals surface area contributed by atoms with Crippen LogP contribution in [0.1, 0.15) is 24.5 Å². The Kier molecular flexibility index (Phi) is 4.74. The third-order valence-corrected chi connectivity index (χ3v) is 3.57. The van der Waals surface area contributed by atoms with E-state index in [0.717, 1.165) is 30.9 Å². The van der Waals surface area contributed by atoms with Gasteiger partial charge in [-0.05, 0) is 35.7 Å². The lowest BCUT2D eigenvalue weighted by Gasteiger charge is -2.20. The molecular weight excluding hydrogens is 256 g/mol. The van der Waals surface area contributed by atoms with E-state index >= 15 is 0 Å². The van der Waals surface area contributed by atoms with Crippen LogP contribution in [-0.4, -0.2) is 23.6 Å². The van der Waals surface area contributed by atoms with Crippen LogP contribution in [0.4, 0.5) is 11.8 Å². The van der Waals surface area contributed by atoms with Crippen molar-refractivity contribution in [1.29, 1.82) is 0 Å². The van der Waals surface area contributed by atoms with Gasteiger partial charge in [-0.2, -0.15) is 16.3 Å². The van der Waals surface area contributed by atoms with Crippen molar-refractivity contribution in [3.8, 4) is 0 Å². The maximum atomic E-state index is 4.60. The van der Waals surface area contributed by atoms with Crippen LogP contribution in [0.15, 0.2) is 23.0 Å². The van der Waals surface area contributed by atoms with Gasteiger partial charge in [0.05, 0.1) is 0 Å². The van der Waals surface area contributed by atoms with Crippen molar-refractivity contribution in [3.63, 3.8) is 0 Å². The second-order valence-electron chi connectivity index (χ2n) is 4.61. The summed E-state index contributed by atoms with van der Waals surface area (Å²) in [6.45, 7) is 5.94. The molecule has 0 bridgehead atoms. The van der Waals surface area contributed by atoms with Crippen LogP contribution in [0.25, 0.3) is 0 Å². The lowest BCUT2D eigenvalue weighted by atomic mass is 10.3. The van der Waals surface area contributed by atoms with E-state index < -0.39 is 0 Å². The number of thiophene rings is 1. The third-order valence-electron chi connectivity index (χ3n) is 2.84. The SMILES string of the molecule is CCCNc1ncc(C)c(N(C)Cc2ccsc2)n1. The molecule has 2 aromatic rings. The molecule has 0 radical (unpaired) electrons. The van der Waals surface area contributed by atoms with Gasteiger partial charge in [0.2, 0.25) is 5.95 Å². The summed E-state index contributed by atoms with van der Waals surface area (Å²) in [5, 5.41) is 7.50. The van der Waals surface area contributed by atoms with Crippen LogP contribution in [-0.2, 0) is 6.54 Å². The highest BCUT2D eigenvalue weighted by Gasteiger charge is 2.09. The molecule has 2 aromatic heterocycles. The van der Waals surface area contributed by atoms with E-state index in [1.165, 1.54) is 5.56 Å². The summed E-state index contributed by atoms with van der Waals surface area (Å²) in [4.78, 5) is 11.1. The molecule has 2 rings (SSSR count). The molecule has 1 N–H and O–H groups in total. The van der Waals surface area contributed by atoms with E-state index in [1.54, 1.807) is 11.3 Å². The monoisotopic (exact) mass is 276 g/mol. The van der Waals surface area contributed by atoms with Gasteiger partial charge in [0.1, 0.15) is 5.82 Å². The highest BCUT2D eigenvalue weighted by Crippen LogP contribution is 2.19. The van der Waals surface area contributed by atoms with E-state index in [2.05, 4.69) is 51.0 Å². The fraction of sp³-hybridized carbons (Fsp3) is 0.429. The smallest absolute Gasteiger partial charge is 0.224 e. The summed E-state index contributed by atoms with van der Waals surface area (Å²) in [6, 6.07) is 2.15. The van der Waals surface area contributed by atoms with Crippen molar-refractivity contribution in [1.82, 2.24) is 9.97 Å². The molecule has 0 aromatic carbocycles. The predicted octanol–water partition coefficient (Wildman–Crippen LogP) is 3.30. The number of hydrogen-bond donors (Lipinski definition) is 1. The number of aromatic nitrogens is 2. The number of aryl methyl sites for hydroxylation is 1. The first-order valence-corrected chi connectivity index (χ1v) is 7.44. The zero-order valence-corrected chi connectivity index (χ0v) is 12.5. The normalized spacial score (nSPS) is 10.5. The summed E-state index contributed by atoms with van der Waals surface area (Å²) >= 11 is 1.72. The summed E-state index contributed by atoms with van der Waals surface area (Å²) < 4.78 is 0. The average molecular weight is 276 g/mol. The zero-order chi connectivity index (χ0) is 13.7. The van der Waals surface area contributed by atoms with Crippen molar-refractivity contribution in [2.75, 3.05) is 23.8 Å². The molecule has 0 saturated heterocycles. The molecule has 0 unspecified atom stereocenters. The van der Waals surface area contributed by atoms with Gasteiger partial charge < -0.3 is 10.2 Å². The topological polar surface area (TPSA) is 41.1 Å². The molecule has 4 nitrogen and oxygen atoms in total. The molecule has 2 heterocycles. The molecule has 102 valence electrons. The van der Waals surface area contributed by atoms with Crippen LogP contribution in [0.3, 0.4) is 0 Å². The van der Waals surface area contributed by atoms with Gasteiger partial charge in [-0.3, -0.25) is 0 Å².